The molecular formula is C18H23N5O. The Bertz CT molecular complexity index is 879. The van der Waals surface area contributed by atoms with Crippen LogP contribution in [0.2, 0.25) is 0 Å². The van der Waals surface area contributed by atoms with E-state index in [1.165, 1.54) is 0 Å². The third kappa shape index (κ3) is 2.97. The first-order valence-corrected chi connectivity index (χ1v) is 8.20. The van der Waals surface area contributed by atoms with Gasteiger partial charge >= 0.3 is 0 Å². The molecule has 0 fully saturated rings. The molecule has 2 heterocycles. The number of aromatic amines is 1. The summed E-state index contributed by atoms with van der Waals surface area (Å²) in [6.07, 6.45) is 1.46. The molecular weight excluding hydrogens is 302 g/mol. The molecule has 0 bridgehead atoms. The maximum atomic E-state index is 5.74. The van der Waals surface area contributed by atoms with E-state index >= 15 is 0 Å². The number of hydrogen-bond acceptors (Lipinski definition) is 4. The van der Waals surface area contributed by atoms with E-state index in [9.17, 15) is 0 Å². The summed E-state index contributed by atoms with van der Waals surface area (Å²) in [6.45, 7) is 6.89. The van der Waals surface area contributed by atoms with Crippen LogP contribution in [-0.4, -0.2) is 33.2 Å². The summed E-state index contributed by atoms with van der Waals surface area (Å²) in [6, 6.07) is 10.1. The topological polar surface area (TPSA) is 68.1 Å². The number of methoxy groups -OCH3 is 1. The van der Waals surface area contributed by atoms with Gasteiger partial charge in [-0.1, -0.05) is 44.2 Å². The maximum Gasteiger partial charge on any atom is 0.176 e. The monoisotopic (exact) mass is 325 g/mol. The summed E-state index contributed by atoms with van der Waals surface area (Å²) in [4.78, 5) is 17.1. The van der Waals surface area contributed by atoms with E-state index in [-0.39, 0.29) is 12.1 Å². The molecule has 0 spiro atoms. The van der Waals surface area contributed by atoms with E-state index in [0.29, 0.717) is 12.0 Å². The molecule has 0 saturated carbocycles. The molecule has 1 unspecified atom stereocenters. The molecule has 6 heteroatoms. The summed E-state index contributed by atoms with van der Waals surface area (Å²) >= 11 is 0. The van der Waals surface area contributed by atoms with Gasteiger partial charge in [-0.25, -0.2) is 9.97 Å². The lowest BCUT2D eigenvalue weighted by Crippen LogP contribution is -2.20. The molecule has 0 aliphatic carbocycles. The molecule has 0 saturated heterocycles. The lowest BCUT2D eigenvalue weighted by molar-refractivity contribution is 0.0804. The minimum Gasteiger partial charge on any atom is -0.357 e. The highest BCUT2D eigenvalue weighted by atomic mass is 16.5. The van der Waals surface area contributed by atoms with Crippen molar-refractivity contribution in [2.45, 2.75) is 32.9 Å². The second kappa shape index (κ2) is 6.97. The molecule has 2 aromatic heterocycles. The Morgan fingerprint density at radius 3 is 2.62 bits per heavy atom. The number of imidazole rings is 1. The van der Waals surface area contributed by atoms with Gasteiger partial charge in [-0.3, -0.25) is 9.56 Å². The number of nitrogens with zero attached hydrogens (tertiary/aromatic N) is 4. The first-order valence-electron chi connectivity index (χ1n) is 8.20. The molecule has 0 aliphatic heterocycles. The zero-order valence-electron chi connectivity index (χ0n) is 14.5. The first-order chi connectivity index (χ1) is 11.7. The highest BCUT2D eigenvalue weighted by Gasteiger charge is 2.18. The van der Waals surface area contributed by atoms with Gasteiger partial charge in [-0.05, 0) is 6.92 Å². The van der Waals surface area contributed by atoms with Crippen molar-refractivity contribution in [2.75, 3.05) is 13.7 Å². The van der Waals surface area contributed by atoms with Crippen molar-refractivity contribution in [3.63, 3.8) is 0 Å². The summed E-state index contributed by atoms with van der Waals surface area (Å²) in [5.41, 5.74) is 3.38. The predicted octanol–water partition coefficient (Wildman–Crippen LogP) is 3.00. The zero-order valence-corrected chi connectivity index (χ0v) is 14.5. The highest BCUT2D eigenvalue weighted by molar-refractivity contribution is 5.70. The SMILES string of the molecule is CCN=c1ncn(C(OC)c2ccccc2)c2nc(C(C)C)[nH]c12. The molecule has 24 heavy (non-hydrogen) atoms. The van der Waals surface area contributed by atoms with Gasteiger partial charge in [0, 0.05) is 25.1 Å². The largest absolute Gasteiger partial charge is 0.357 e. The molecule has 3 aromatic rings. The van der Waals surface area contributed by atoms with Gasteiger partial charge in [-0.15, -0.1) is 0 Å². The van der Waals surface area contributed by atoms with Crippen molar-refractivity contribution in [3.05, 3.63) is 53.5 Å². The van der Waals surface area contributed by atoms with E-state index in [1.54, 1.807) is 13.4 Å². The van der Waals surface area contributed by atoms with Crippen molar-refractivity contribution in [2.24, 2.45) is 4.99 Å². The Balaban J connectivity index is 2.24. The van der Waals surface area contributed by atoms with Gasteiger partial charge in [0.1, 0.15) is 17.7 Å². The summed E-state index contributed by atoms with van der Waals surface area (Å²) in [7, 11) is 1.69. The van der Waals surface area contributed by atoms with Crippen molar-refractivity contribution in [1.82, 2.24) is 19.5 Å². The number of nitrogens with one attached hydrogen (secondary N) is 1. The van der Waals surface area contributed by atoms with Gasteiger partial charge in [0.2, 0.25) is 0 Å². The quantitative estimate of drug-likeness (QED) is 0.784. The standard InChI is InChI=1S/C18H23N5O/c1-5-19-16-14-17(22-15(21-14)12(2)3)23(11-20-16)18(24-4)13-9-7-6-8-10-13/h6-12,18H,5H2,1-4H3,(H,21,22). The molecule has 3 rings (SSSR count). The third-order valence-corrected chi connectivity index (χ3v) is 3.89. The number of ether oxygens (including phenoxy) is 1. The fraction of sp³-hybridized carbons (Fsp3) is 0.389. The van der Waals surface area contributed by atoms with E-state index in [4.69, 9.17) is 9.72 Å². The van der Waals surface area contributed by atoms with Crippen LogP contribution in [0.4, 0.5) is 0 Å². The van der Waals surface area contributed by atoms with Crippen LogP contribution in [0.3, 0.4) is 0 Å². The van der Waals surface area contributed by atoms with E-state index < -0.39 is 0 Å². The van der Waals surface area contributed by atoms with Gasteiger partial charge < -0.3 is 9.72 Å². The van der Waals surface area contributed by atoms with Crippen LogP contribution in [0.5, 0.6) is 0 Å². The lowest BCUT2D eigenvalue weighted by atomic mass is 10.2. The third-order valence-electron chi connectivity index (χ3n) is 3.89. The minimum atomic E-state index is -0.291. The van der Waals surface area contributed by atoms with Gasteiger partial charge in [0.15, 0.2) is 17.4 Å². The van der Waals surface area contributed by atoms with Crippen molar-refractivity contribution in [1.29, 1.82) is 0 Å². The molecule has 0 aliphatic rings. The molecule has 1 atom stereocenters. The van der Waals surface area contributed by atoms with Crippen LogP contribution in [0.25, 0.3) is 11.2 Å². The van der Waals surface area contributed by atoms with Crippen LogP contribution < -0.4 is 5.49 Å². The van der Waals surface area contributed by atoms with Crippen LogP contribution in [0, 0.1) is 0 Å². The number of rotatable bonds is 5. The van der Waals surface area contributed by atoms with Gasteiger partial charge in [0.05, 0.1) is 0 Å². The first kappa shape index (κ1) is 16.4. The number of benzene rings is 1. The van der Waals surface area contributed by atoms with Crippen molar-refractivity contribution >= 4 is 11.2 Å². The lowest BCUT2D eigenvalue weighted by Gasteiger charge is -2.19. The van der Waals surface area contributed by atoms with Crippen molar-refractivity contribution in [3.8, 4) is 0 Å². The predicted molar refractivity (Wildman–Crippen MR) is 93.7 cm³/mol. The Morgan fingerprint density at radius 1 is 1.25 bits per heavy atom. The van der Waals surface area contributed by atoms with Crippen LogP contribution in [0.1, 0.15) is 44.3 Å². The Labute approximate surface area is 141 Å². The Morgan fingerprint density at radius 2 is 2.00 bits per heavy atom. The minimum absolute atomic E-state index is 0.290. The van der Waals surface area contributed by atoms with Crippen molar-refractivity contribution < 1.29 is 4.74 Å². The number of H-pyrrole nitrogens is 1. The normalized spacial score (nSPS) is 13.8. The number of fused-ring (bicyclic) bond motifs is 1. The average Bonchev–Trinajstić information content (AvgIpc) is 3.04. The summed E-state index contributed by atoms with van der Waals surface area (Å²) in [5.74, 6) is 1.21. The Hall–Kier alpha value is -2.47. The van der Waals surface area contributed by atoms with Crippen LogP contribution in [0.15, 0.2) is 41.7 Å². The van der Waals surface area contributed by atoms with Crippen LogP contribution in [-0.2, 0) is 4.74 Å². The number of aromatic nitrogens is 4. The fourth-order valence-electron chi connectivity index (χ4n) is 2.70. The molecule has 1 N–H and O–H groups in total. The van der Waals surface area contributed by atoms with E-state index in [0.717, 1.165) is 22.6 Å². The fourth-order valence-corrected chi connectivity index (χ4v) is 2.70. The van der Waals surface area contributed by atoms with E-state index in [1.807, 2.05) is 41.8 Å². The van der Waals surface area contributed by atoms with Gasteiger partial charge in [0.25, 0.3) is 0 Å². The number of hydrogen-bond donors (Lipinski definition) is 1. The second-order valence-corrected chi connectivity index (χ2v) is 5.92. The van der Waals surface area contributed by atoms with Gasteiger partial charge in [-0.2, -0.15) is 0 Å². The zero-order chi connectivity index (χ0) is 17.1. The summed E-state index contributed by atoms with van der Waals surface area (Å²) < 4.78 is 7.68. The maximum absolute atomic E-state index is 5.74. The molecule has 0 amide bonds. The Kier molecular flexibility index (Phi) is 4.76. The smallest absolute Gasteiger partial charge is 0.176 e. The molecule has 6 nitrogen and oxygen atoms in total. The van der Waals surface area contributed by atoms with E-state index in [2.05, 4.69) is 28.8 Å². The molecule has 126 valence electrons. The van der Waals surface area contributed by atoms with Crippen LogP contribution >= 0.6 is 0 Å². The average molecular weight is 325 g/mol. The molecule has 0 radical (unpaired) electrons. The summed E-state index contributed by atoms with van der Waals surface area (Å²) in [5, 5.41) is 0. The second-order valence-electron chi connectivity index (χ2n) is 5.92. The highest BCUT2D eigenvalue weighted by Crippen LogP contribution is 2.23. The molecule has 1 aromatic carbocycles.